The van der Waals surface area contributed by atoms with Crippen molar-refractivity contribution in [1.82, 2.24) is 0 Å². The predicted molar refractivity (Wildman–Crippen MR) is 34.2 cm³/mol. The van der Waals surface area contributed by atoms with Gasteiger partial charge in [-0.05, 0) is 0 Å². The molecule has 0 aromatic carbocycles. The monoisotopic (exact) mass is 312 g/mol. The summed E-state index contributed by atoms with van der Waals surface area (Å²) in [6.07, 6.45) is -23.2. The molecule has 0 aliphatic heterocycles. The summed E-state index contributed by atoms with van der Waals surface area (Å²) >= 11 is 0. The number of hydrogen-bond donors (Lipinski definition) is 0. The Kier molecular flexibility index (Phi) is 5.29. The molecule has 0 radical (unpaired) electrons. The lowest BCUT2D eigenvalue weighted by atomic mass is 10.4. The van der Waals surface area contributed by atoms with Crippen LogP contribution in [0.2, 0.25) is 0 Å². The first-order valence-corrected chi connectivity index (χ1v) is 3.83. The molecule has 0 amide bonds. The molecule has 0 fully saturated rings. The van der Waals surface area contributed by atoms with Gasteiger partial charge in [0.2, 0.25) is 0 Å². The zero-order valence-electron chi connectivity index (χ0n) is 8.21. The molecule has 114 valence electrons. The van der Waals surface area contributed by atoms with E-state index in [1.807, 2.05) is 4.74 Å². The molecular weight excluding hydrogens is 310 g/mol. The molecule has 0 spiro atoms. The fourth-order valence-corrected chi connectivity index (χ4v) is 0.700. The van der Waals surface area contributed by atoms with E-state index in [9.17, 15) is 44.0 Å². The average molecular weight is 312 g/mol. The second-order valence-electron chi connectivity index (χ2n) is 2.73. The maximum atomic E-state index is 12.5. The van der Waals surface area contributed by atoms with Crippen molar-refractivity contribution in [2.45, 2.75) is 25.0 Å². The highest BCUT2D eigenvalue weighted by Crippen LogP contribution is 2.38. The van der Waals surface area contributed by atoms with E-state index in [1.165, 1.54) is 0 Å². The smallest absolute Gasteiger partial charge is 0.394 e. The molecule has 0 rings (SSSR count). The summed E-state index contributed by atoms with van der Waals surface area (Å²) in [6, 6.07) is 0. The summed E-state index contributed by atoms with van der Waals surface area (Å²) in [4.78, 5) is 2.08. The minimum Gasteiger partial charge on any atom is -0.394 e. The Labute approximate surface area is 96.8 Å². The molecule has 0 unspecified atom stereocenters. The van der Waals surface area contributed by atoms with Crippen LogP contribution >= 0.6 is 0 Å². The highest BCUT2D eigenvalue weighted by Gasteiger charge is 2.53. The van der Waals surface area contributed by atoms with Crippen molar-refractivity contribution < 1.29 is 58.5 Å². The van der Waals surface area contributed by atoms with Crippen molar-refractivity contribution in [3.63, 3.8) is 0 Å². The minimum absolute atomic E-state index is 2.01. The van der Waals surface area contributed by atoms with Gasteiger partial charge in [-0.3, -0.25) is 0 Å². The van der Waals surface area contributed by atoms with Crippen LogP contribution in [-0.4, -0.2) is 18.6 Å². The van der Waals surface area contributed by atoms with Gasteiger partial charge in [-0.2, -0.15) is 26.3 Å². The van der Waals surface area contributed by atoms with Crippen molar-refractivity contribution in [2.24, 2.45) is 0 Å². The van der Waals surface area contributed by atoms with Crippen LogP contribution in [0.15, 0.2) is 12.0 Å². The van der Waals surface area contributed by atoms with Crippen LogP contribution in [0.25, 0.3) is 0 Å². The van der Waals surface area contributed by atoms with Crippen LogP contribution in [-0.2, 0) is 14.4 Å². The lowest BCUT2D eigenvalue weighted by Gasteiger charge is -2.23. The molecule has 0 atom stereocenters. The third-order valence-corrected chi connectivity index (χ3v) is 1.14. The molecule has 19 heavy (non-hydrogen) atoms. The molecule has 0 aliphatic rings. The van der Waals surface area contributed by atoms with Crippen LogP contribution in [0.1, 0.15) is 6.42 Å². The number of ether oxygens (including phenoxy) is 2. The second kappa shape index (κ2) is 5.71. The Bertz CT molecular complexity index is 331. The van der Waals surface area contributed by atoms with E-state index in [-0.39, 0.29) is 0 Å². The molecule has 0 N–H and O–H groups in total. The van der Waals surface area contributed by atoms with Crippen LogP contribution < -0.4 is 0 Å². The predicted octanol–water partition coefficient (Wildman–Crippen LogP) is 4.08. The van der Waals surface area contributed by atoms with Gasteiger partial charge in [0, 0.05) is 4.53 Å². The van der Waals surface area contributed by atoms with Crippen LogP contribution in [0, 0.1) is 0 Å². The summed E-state index contributed by atoms with van der Waals surface area (Å²) in [5.41, 5.74) is 0. The Morgan fingerprint density at radius 1 is 0.842 bits per heavy atom. The minimum atomic E-state index is -5.97. The van der Waals surface area contributed by atoms with E-state index >= 15 is 0 Å². The maximum Gasteiger partial charge on any atom is 0.527 e. The molecule has 0 aromatic heterocycles. The molecule has 0 bridgehead atoms. The second-order valence-corrected chi connectivity index (χ2v) is 2.73. The standard InChI is InChI=1S/C6H2F10O3/c7-2(8)3(18-16)17-4(9,10)1-5(11,12)19-6(13,14)15/h1H2. The summed E-state index contributed by atoms with van der Waals surface area (Å²) in [5.74, 6) is -2.77. The first kappa shape index (κ1) is 17.6. The molecule has 0 saturated carbocycles. The lowest BCUT2D eigenvalue weighted by Crippen LogP contribution is -2.37. The number of rotatable bonds is 6. The van der Waals surface area contributed by atoms with Gasteiger partial charge in [0.05, 0.1) is 0 Å². The number of hydrogen-bond acceptors (Lipinski definition) is 3. The SMILES string of the molecule is FOC(OC(F)(F)CC(F)(F)OC(F)(F)F)=C(F)F. The molecule has 3 nitrogen and oxygen atoms in total. The normalized spacial score (nSPS) is 13.2. The summed E-state index contributed by atoms with van der Waals surface area (Å²) in [6.45, 7) is 0. The number of halogens is 10. The molecule has 0 saturated heterocycles. The molecular formula is C6H2F10O3. The van der Waals surface area contributed by atoms with Crippen LogP contribution in [0.4, 0.5) is 44.0 Å². The van der Waals surface area contributed by atoms with Gasteiger partial charge in [-0.25, -0.2) is 9.68 Å². The van der Waals surface area contributed by atoms with Crippen molar-refractivity contribution in [3.8, 4) is 0 Å². The van der Waals surface area contributed by atoms with Gasteiger partial charge in [0.15, 0.2) is 0 Å². The topological polar surface area (TPSA) is 27.7 Å². The zero-order chi connectivity index (χ0) is 15.5. The molecule has 13 heteroatoms. The maximum absolute atomic E-state index is 12.5. The molecule has 0 aromatic rings. The Hall–Kier alpha value is -1.40. The summed E-state index contributed by atoms with van der Waals surface area (Å²) in [7, 11) is 0. The van der Waals surface area contributed by atoms with Crippen LogP contribution in [0.5, 0.6) is 0 Å². The lowest BCUT2D eigenvalue weighted by molar-refractivity contribution is -0.442. The van der Waals surface area contributed by atoms with Crippen molar-refractivity contribution in [1.29, 1.82) is 0 Å². The van der Waals surface area contributed by atoms with Crippen molar-refractivity contribution >= 4 is 0 Å². The van der Waals surface area contributed by atoms with Crippen molar-refractivity contribution in [3.05, 3.63) is 12.0 Å². The third-order valence-electron chi connectivity index (χ3n) is 1.14. The molecule has 0 heterocycles. The van der Waals surface area contributed by atoms with E-state index in [2.05, 4.69) is 9.68 Å². The van der Waals surface area contributed by atoms with E-state index in [4.69, 9.17) is 0 Å². The Morgan fingerprint density at radius 2 is 1.32 bits per heavy atom. The van der Waals surface area contributed by atoms with Gasteiger partial charge < -0.3 is 4.74 Å². The van der Waals surface area contributed by atoms with E-state index in [1.54, 1.807) is 0 Å². The first-order valence-electron chi connectivity index (χ1n) is 3.83. The highest BCUT2D eigenvalue weighted by molar-refractivity contribution is 4.83. The van der Waals surface area contributed by atoms with Gasteiger partial charge >= 0.3 is 30.6 Å². The average Bonchev–Trinajstić information content (AvgIpc) is 2.07. The van der Waals surface area contributed by atoms with Gasteiger partial charge in [0.1, 0.15) is 6.42 Å². The quantitative estimate of drug-likeness (QED) is 0.546. The summed E-state index contributed by atoms with van der Waals surface area (Å²) < 4.78 is 123. The molecule has 0 aliphatic carbocycles. The largest absolute Gasteiger partial charge is 0.527 e. The third kappa shape index (κ3) is 7.58. The summed E-state index contributed by atoms with van der Waals surface area (Å²) in [5, 5.41) is 0. The van der Waals surface area contributed by atoms with E-state index in [0.717, 1.165) is 0 Å². The number of alkyl halides is 7. The van der Waals surface area contributed by atoms with Crippen molar-refractivity contribution in [2.75, 3.05) is 0 Å². The fraction of sp³-hybridized carbons (Fsp3) is 0.667. The zero-order valence-corrected chi connectivity index (χ0v) is 8.21. The van der Waals surface area contributed by atoms with Gasteiger partial charge in [-0.1, -0.05) is 0 Å². The Morgan fingerprint density at radius 3 is 1.63 bits per heavy atom. The Balaban J connectivity index is 4.81. The van der Waals surface area contributed by atoms with E-state index < -0.39 is 37.0 Å². The van der Waals surface area contributed by atoms with Crippen LogP contribution in [0.3, 0.4) is 0 Å². The van der Waals surface area contributed by atoms with Gasteiger partial charge in [-0.15, -0.1) is 13.2 Å². The van der Waals surface area contributed by atoms with E-state index in [0.29, 0.717) is 0 Å². The first-order chi connectivity index (χ1) is 8.28. The highest BCUT2D eigenvalue weighted by atomic mass is 19.4. The van der Waals surface area contributed by atoms with Gasteiger partial charge in [0.25, 0.3) is 0 Å². The fourth-order valence-electron chi connectivity index (χ4n) is 0.700.